The summed E-state index contributed by atoms with van der Waals surface area (Å²) in [6.45, 7) is 0. The molecule has 1 atom stereocenters. The zero-order chi connectivity index (χ0) is 38.4. The van der Waals surface area contributed by atoms with Gasteiger partial charge in [0.25, 0.3) is 0 Å². The van der Waals surface area contributed by atoms with E-state index in [0.29, 0.717) is 0 Å². The van der Waals surface area contributed by atoms with Gasteiger partial charge in [0, 0.05) is 38.9 Å². The van der Waals surface area contributed by atoms with Crippen molar-refractivity contribution >= 4 is 66.0 Å². The summed E-state index contributed by atoms with van der Waals surface area (Å²) in [5.41, 5.74) is 13.3. The van der Waals surface area contributed by atoms with Crippen LogP contribution in [-0.2, 0) is 0 Å². The molecule has 1 unspecified atom stereocenters. The van der Waals surface area contributed by atoms with Crippen LogP contribution in [0.15, 0.2) is 224 Å². The standard InChI is InChI=1S/C56H40N2/c1-2-19-44(20-3-1)57(45-33-31-41(32-34-45)48-25-14-18-40-16-6-7-21-47(40)48)46-35-36-49(53(38-46)43-30-29-39-15-4-5-17-42(39)37-43)50-22-8-11-26-54(50)58-55-27-12-9-23-51(55)52-24-10-13-28-56(52)58/h1-25,27-38,54H,26H2. The minimum absolute atomic E-state index is 0.117. The van der Waals surface area contributed by atoms with Crippen LogP contribution in [0.4, 0.5) is 17.1 Å². The molecule has 2 nitrogen and oxygen atoms in total. The van der Waals surface area contributed by atoms with Crippen LogP contribution in [0.25, 0.3) is 71.2 Å². The number of hydrogen-bond acceptors (Lipinski definition) is 1. The summed E-state index contributed by atoms with van der Waals surface area (Å²) < 4.78 is 2.58. The van der Waals surface area contributed by atoms with Gasteiger partial charge in [-0.2, -0.15) is 0 Å². The van der Waals surface area contributed by atoms with E-state index < -0.39 is 0 Å². The number of hydrogen-bond donors (Lipinski definition) is 0. The van der Waals surface area contributed by atoms with Crippen molar-refractivity contribution in [2.75, 3.05) is 4.90 Å². The molecule has 58 heavy (non-hydrogen) atoms. The summed E-state index contributed by atoms with van der Waals surface area (Å²) in [5.74, 6) is 0. The van der Waals surface area contributed by atoms with Crippen LogP contribution >= 0.6 is 0 Å². The van der Waals surface area contributed by atoms with Crippen molar-refractivity contribution in [2.24, 2.45) is 0 Å². The molecule has 1 aliphatic rings. The molecule has 2 heteroatoms. The van der Waals surface area contributed by atoms with Crippen molar-refractivity contribution in [3.8, 4) is 22.3 Å². The number of fused-ring (bicyclic) bond motifs is 5. The number of rotatable bonds is 7. The molecule has 0 saturated heterocycles. The Morgan fingerprint density at radius 2 is 1.00 bits per heavy atom. The first-order valence-corrected chi connectivity index (χ1v) is 20.2. The predicted molar refractivity (Wildman–Crippen MR) is 247 cm³/mol. The lowest BCUT2D eigenvalue weighted by Gasteiger charge is -2.30. The Morgan fingerprint density at radius 1 is 0.397 bits per heavy atom. The highest BCUT2D eigenvalue weighted by Gasteiger charge is 2.26. The first kappa shape index (κ1) is 33.9. The molecule has 0 fully saturated rings. The van der Waals surface area contributed by atoms with Crippen molar-refractivity contribution in [2.45, 2.75) is 12.5 Å². The third-order valence-electron chi connectivity index (χ3n) is 11.9. The Morgan fingerprint density at radius 3 is 1.78 bits per heavy atom. The van der Waals surface area contributed by atoms with Crippen molar-refractivity contribution in [3.63, 3.8) is 0 Å². The third-order valence-corrected chi connectivity index (χ3v) is 11.9. The zero-order valence-electron chi connectivity index (χ0n) is 32.0. The van der Waals surface area contributed by atoms with Crippen LogP contribution in [0.2, 0.25) is 0 Å². The molecule has 0 aliphatic heterocycles. The zero-order valence-corrected chi connectivity index (χ0v) is 32.0. The number of para-hydroxylation sites is 3. The largest absolute Gasteiger partial charge is 0.332 e. The second kappa shape index (κ2) is 14.3. The van der Waals surface area contributed by atoms with E-state index in [4.69, 9.17) is 0 Å². The van der Waals surface area contributed by atoms with Crippen LogP contribution in [0.1, 0.15) is 18.0 Å². The number of anilines is 3. The van der Waals surface area contributed by atoms with Gasteiger partial charge in [-0.3, -0.25) is 0 Å². The molecule has 0 N–H and O–H groups in total. The van der Waals surface area contributed by atoms with Crippen molar-refractivity contribution < 1.29 is 0 Å². The lowest BCUT2D eigenvalue weighted by atomic mass is 9.86. The highest BCUT2D eigenvalue weighted by molar-refractivity contribution is 6.09. The molecule has 274 valence electrons. The first-order valence-electron chi connectivity index (χ1n) is 20.2. The Balaban J connectivity index is 1.09. The monoisotopic (exact) mass is 740 g/mol. The van der Waals surface area contributed by atoms with Gasteiger partial charge >= 0.3 is 0 Å². The Kier molecular flexibility index (Phi) is 8.33. The highest BCUT2D eigenvalue weighted by Crippen LogP contribution is 2.46. The molecular formula is C56H40N2. The van der Waals surface area contributed by atoms with Crippen LogP contribution < -0.4 is 4.90 Å². The van der Waals surface area contributed by atoms with Gasteiger partial charge in [0.1, 0.15) is 0 Å². The minimum Gasteiger partial charge on any atom is -0.332 e. The molecule has 1 heterocycles. The Labute approximate surface area is 338 Å². The average Bonchev–Trinajstić information content (AvgIpc) is 3.63. The second-order valence-electron chi connectivity index (χ2n) is 15.2. The summed E-state index contributed by atoms with van der Waals surface area (Å²) in [6.07, 6.45) is 7.82. The van der Waals surface area contributed by atoms with E-state index >= 15 is 0 Å². The maximum atomic E-state index is 2.58. The molecular weight excluding hydrogens is 701 g/mol. The van der Waals surface area contributed by atoms with Gasteiger partial charge in [-0.1, -0.05) is 170 Å². The summed E-state index contributed by atoms with van der Waals surface area (Å²) in [7, 11) is 0. The lowest BCUT2D eigenvalue weighted by molar-refractivity contribution is 0.666. The van der Waals surface area contributed by atoms with Crippen molar-refractivity contribution in [3.05, 3.63) is 230 Å². The second-order valence-corrected chi connectivity index (χ2v) is 15.2. The van der Waals surface area contributed by atoms with Crippen LogP contribution in [0, 0.1) is 0 Å². The number of benzene rings is 9. The van der Waals surface area contributed by atoms with E-state index in [-0.39, 0.29) is 6.04 Å². The number of nitrogens with zero attached hydrogens (tertiary/aromatic N) is 2. The van der Waals surface area contributed by atoms with E-state index in [1.54, 1.807) is 0 Å². The predicted octanol–water partition coefficient (Wildman–Crippen LogP) is 15.5. The van der Waals surface area contributed by atoms with E-state index in [1.807, 2.05) is 0 Å². The van der Waals surface area contributed by atoms with Crippen LogP contribution in [-0.4, -0.2) is 4.57 Å². The smallest absolute Gasteiger partial charge is 0.0632 e. The fourth-order valence-electron chi connectivity index (χ4n) is 9.23. The Hall–Kier alpha value is -7.42. The summed E-state index contributed by atoms with van der Waals surface area (Å²) in [5, 5.41) is 7.57. The fraction of sp³-hybridized carbons (Fsp3) is 0.0357. The SMILES string of the molecule is C1=CCC(n2c3ccccc3c3ccccc32)C(c2ccc(N(c3ccccc3)c3ccc(-c4cccc5ccccc45)cc3)cc2-c2ccc3ccccc3c2)=C1. The van der Waals surface area contributed by atoms with Gasteiger partial charge in [-0.25, -0.2) is 0 Å². The molecule has 0 radical (unpaired) electrons. The van der Waals surface area contributed by atoms with Gasteiger partial charge < -0.3 is 9.47 Å². The van der Waals surface area contributed by atoms with Gasteiger partial charge in [-0.05, 0) is 116 Å². The maximum Gasteiger partial charge on any atom is 0.0632 e. The molecule has 0 bridgehead atoms. The molecule has 9 aromatic carbocycles. The quantitative estimate of drug-likeness (QED) is 0.158. The van der Waals surface area contributed by atoms with E-state index in [2.05, 4.69) is 234 Å². The molecule has 1 aromatic heterocycles. The molecule has 0 saturated carbocycles. The normalized spacial score (nSPS) is 14.0. The summed E-state index contributed by atoms with van der Waals surface area (Å²) in [4.78, 5) is 2.39. The minimum atomic E-state index is 0.117. The van der Waals surface area contributed by atoms with Crippen LogP contribution in [0.3, 0.4) is 0 Å². The van der Waals surface area contributed by atoms with E-state index in [9.17, 15) is 0 Å². The summed E-state index contributed by atoms with van der Waals surface area (Å²) in [6, 6.07) is 75.5. The van der Waals surface area contributed by atoms with Crippen molar-refractivity contribution in [1.82, 2.24) is 4.57 Å². The molecule has 0 amide bonds. The molecule has 10 aromatic rings. The van der Waals surface area contributed by atoms with Gasteiger partial charge in [0.2, 0.25) is 0 Å². The van der Waals surface area contributed by atoms with Gasteiger partial charge in [0.15, 0.2) is 0 Å². The lowest BCUT2D eigenvalue weighted by Crippen LogP contribution is -2.14. The fourth-order valence-corrected chi connectivity index (χ4v) is 9.23. The van der Waals surface area contributed by atoms with Gasteiger partial charge in [-0.15, -0.1) is 0 Å². The van der Waals surface area contributed by atoms with Gasteiger partial charge in [0.05, 0.1) is 6.04 Å². The number of aromatic nitrogens is 1. The molecule has 1 aliphatic carbocycles. The third kappa shape index (κ3) is 5.81. The molecule has 0 spiro atoms. The highest BCUT2D eigenvalue weighted by atomic mass is 15.1. The van der Waals surface area contributed by atoms with Crippen molar-refractivity contribution in [1.29, 1.82) is 0 Å². The van der Waals surface area contributed by atoms with Crippen LogP contribution in [0.5, 0.6) is 0 Å². The summed E-state index contributed by atoms with van der Waals surface area (Å²) >= 11 is 0. The topological polar surface area (TPSA) is 8.17 Å². The first-order chi connectivity index (χ1) is 28.8. The maximum absolute atomic E-state index is 2.58. The number of allylic oxidation sites excluding steroid dienone is 4. The van der Waals surface area contributed by atoms with E-state index in [0.717, 1.165) is 23.5 Å². The Bertz CT molecular complexity index is 3140. The van der Waals surface area contributed by atoms with E-state index in [1.165, 1.54) is 76.7 Å². The average molecular weight is 741 g/mol. The molecule has 11 rings (SSSR count).